The van der Waals surface area contributed by atoms with Gasteiger partial charge >= 0.3 is 0 Å². The first-order chi connectivity index (χ1) is 10.1. The number of para-hydroxylation sites is 1. The molecular formula is C14H9BrN4O2. The van der Waals surface area contributed by atoms with Crippen molar-refractivity contribution < 1.29 is 4.92 Å². The van der Waals surface area contributed by atoms with Crippen molar-refractivity contribution in [2.45, 2.75) is 0 Å². The fourth-order valence-electron chi connectivity index (χ4n) is 1.96. The van der Waals surface area contributed by atoms with Crippen LogP contribution in [-0.4, -0.2) is 14.9 Å². The molecule has 3 aromatic rings. The van der Waals surface area contributed by atoms with Gasteiger partial charge in [0.15, 0.2) is 0 Å². The lowest BCUT2D eigenvalue weighted by Crippen LogP contribution is -1.97. The average molecular weight is 345 g/mol. The molecule has 0 spiro atoms. The summed E-state index contributed by atoms with van der Waals surface area (Å²) in [6.45, 7) is 0. The van der Waals surface area contributed by atoms with Crippen molar-refractivity contribution in [1.82, 2.24) is 9.97 Å². The molecule has 104 valence electrons. The number of anilines is 2. The van der Waals surface area contributed by atoms with Crippen molar-refractivity contribution >= 4 is 44.0 Å². The molecule has 0 bridgehead atoms. The summed E-state index contributed by atoms with van der Waals surface area (Å²) < 4.78 is 0.393. The second-order valence-corrected chi connectivity index (χ2v) is 5.15. The Hall–Kier alpha value is -2.54. The molecule has 0 saturated carbocycles. The molecule has 1 N–H and O–H groups in total. The Balaban J connectivity index is 2.14. The lowest BCUT2D eigenvalue weighted by molar-refractivity contribution is -0.385. The smallest absolute Gasteiger partial charge is 0.284 e. The maximum atomic E-state index is 11.0. The zero-order valence-electron chi connectivity index (χ0n) is 10.7. The largest absolute Gasteiger partial charge is 0.340 e. The van der Waals surface area contributed by atoms with E-state index in [0.717, 1.165) is 5.69 Å². The van der Waals surface area contributed by atoms with Crippen molar-refractivity contribution in [2.24, 2.45) is 0 Å². The normalized spacial score (nSPS) is 10.5. The first kappa shape index (κ1) is 13.4. The van der Waals surface area contributed by atoms with E-state index in [-0.39, 0.29) is 5.69 Å². The third-order valence-electron chi connectivity index (χ3n) is 2.94. The van der Waals surface area contributed by atoms with Gasteiger partial charge in [0.05, 0.1) is 14.9 Å². The summed E-state index contributed by atoms with van der Waals surface area (Å²) in [5.41, 5.74) is 1.46. The number of nitro groups is 1. The molecule has 3 rings (SSSR count). The Bertz CT molecular complexity index is 824. The highest BCUT2D eigenvalue weighted by atomic mass is 79.9. The maximum Gasteiger partial charge on any atom is 0.284 e. The quantitative estimate of drug-likeness (QED) is 0.572. The summed E-state index contributed by atoms with van der Waals surface area (Å²) in [6.07, 6.45) is 1.42. The fourth-order valence-corrected chi connectivity index (χ4v) is 2.44. The third kappa shape index (κ3) is 2.68. The summed E-state index contributed by atoms with van der Waals surface area (Å²) in [5.74, 6) is 0.529. The van der Waals surface area contributed by atoms with E-state index >= 15 is 0 Å². The van der Waals surface area contributed by atoms with Crippen LogP contribution >= 0.6 is 15.9 Å². The Labute approximate surface area is 128 Å². The van der Waals surface area contributed by atoms with Crippen LogP contribution in [0.25, 0.3) is 10.9 Å². The molecule has 7 heteroatoms. The summed E-state index contributed by atoms with van der Waals surface area (Å²) >= 11 is 3.19. The van der Waals surface area contributed by atoms with Gasteiger partial charge in [0.1, 0.15) is 12.1 Å². The first-order valence-corrected chi connectivity index (χ1v) is 6.85. The minimum Gasteiger partial charge on any atom is -0.340 e. The topological polar surface area (TPSA) is 81.0 Å². The molecule has 0 atom stereocenters. The van der Waals surface area contributed by atoms with Crippen molar-refractivity contribution in [2.75, 3.05) is 5.32 Å². The van der Waals surface area contributed by atoms with Crippen LogP contribution < -0.4 is 5.32 Å². The highest BCUT2D eigenvalue weighted by Crippen LogP contribution is 2.32. The van der Waals surface area contributed by atoms with Crippen LogP contribution in [0.4, 0.5) is 17.2 Å². The lowest BCUT2D eigenvalue weighted by atomic mass is 10.2. The number of fused-ring (bicyclic) bond motifs is 1. The zero-order valence-corrected chi connectivity index (χ0v) is 12.2. The van der Waals surface area contributed by atoms with E-state index in [1.165, 1.54) is 12.4 Å². The van der Waals surface area contributed by atoms with Crippen LogP contribution in [0.1, 0.15) is 0 Å². The number of nitrogens with one attached hydrogen (secondary N) is 1. The maximum absolute atomic E-state index is 11.0. The van der Waals surface area contributed by atoms with Crippen LogP contribution in [-0.2, 0) is 0 Å². The molecule has 0 aliphatic carbocycles. The Morgan fingerprint density at radius 2 is 1.90 bits per heavy atom. The monoisotopic (exact) mass is 344 g/mol. The van der Waals surface area contributed by atoms with Gasteiger partial charge in [-0.05, 0) is 34.1 Å². The molecule has 6 nitrogen and oxygen atoms in total. The summed E-state index contributed by atoms with van der Waals surface area (Å²) in [5, 5.41) is 14.8. The van der Waals surface area contributed by atoms with Crippen molar-refractivity contribution in [3.05, 3.63) is 63.4 Å². The Morgan fingerprint density at radius 1 is 1.14 bits per heavy atom. The number of aromatic nitrogens is 2. The second-order valence-electron chi connectivity index (χ2n) is 4.29. The third-order valence-corrected chi connectivity index (χ3v) is 3.57. The highest BCUT2D eigenvalue weighted by Gasteiger charge is 2.16. The molecule has 0 aliphatic rings. The molecule has 1 heterocycles. The van der Waals surface area contributed by atoms with Gasteiger partial charge in [0.2, 0.25) is 0 Å². The number of nitro benzene ring substituents is 1. The van der Waals surface area contributed by atoms with Crippen LogP contribution in [0, 0.1) is 10.1 Å². The number of hydrogen-bond donors (Lipinski definition) is 1. The van der Waals surface area contributed by atoms with Crippen LogP contribution in [0.5, 0.6) is 0 Å². The molecule has 0 radical (unpaired) electrons. The predicted molar refractivity (Wildman–Crippen MR) is 83.6 cm³/mol. The van der Waals surface area contributed by atoms with E-state index in [2.05, 4.69) is 31.2 Å². The van der Waals surface area contributed by atoms with Gasteiger partial charge in [-0.1, -0.05) is 18.2 Å². The Kier molecular flexibility index (Phi) is 3.49. The molecule has 0 unspecified atom stereocenters. The van der Waals surface area contributed by atoms with Crippen LogP contribution in [0.3, 0.4) is 0 Å². The van der Waals surface area contributed by atoms with Crippen molar-refractivity contribution in [1.29, 1.82) is 0 Å². The van der Waals surface area contributed by atoms with Gasteiger partial charge in [-0.3, -0.25) is 10.1 Å². The van der Waals surface area contributed by atoms with Crippen LogP contribution in [0.15, 0.2) is 53.3 Å². The van der Waals surface area contributed by atoms with E-state index in [1.54, 1.807) is 6.07 Å². The van der Waals surface area contributed by atoms with E-state index in [1.807, 2.05) is 30.3 Å². The van der Waals surface area contributed by atoms with Gasteiger partial charge in [-0.2, -0.15) is 0 Å². The minimum absolute atomic E-state index is 0.0200. The van der Waals surface area contributed by atoms with Gasteiger partial charge in [-0.15, -0.1) is 0 Å². The molecular weight excluding hydrogens is 336 g/mol. The second kappa shape index (κ2) is 5.45. The molecule has 0 fully saturated rings. The first-order valence-electron chi connectivity index (χ1n) is 6.06. The Morgan fingerprint density at radius 3 is 2.62 bits per heavy atom. The molecule has 0 amide bonds. The number of halogens is 1. The predicted octanol–water partition coefficient (Wildman–Crippen LogP) is 4.04. The number of hydrogen-bond acceptors (Lipinski definition) is 5. The summed E-state index contributed by atoms with van der Waals surface area (Å²) in [6, 6.07) is 12.6. The molecule has 21 heavy (non-hydrogen) atoms. The standard InChI is InChI=1S/C14H9BrN4O2/c15-11-7-12-10(6-13(11)19(20)21)14(17-8-16-12)18-9-4-2-1-3-5-9/h1-8H,(H,16,17,18). The van der Waals surface area contributed by atoms with Gasteiger partial charge in [0.25, 0.3) is 5.69 Å². The highest BCUT2D eigenvalue weighted by molar-refractivity contribution is 9.10. The van der Waals surface area contributed by atoms with Gasteiger partial charge < -0.3 is 5.32 Å². The van der Waals surface area contributed by atoms with Gasteiger partial charge in [-0.25, -0.2) is 9.97 Å². The lowest BCUT2D eigenvalue weighted by Gasteiger charge is -2.08. The number of benzene rings is 2. The minimum atomic E-state index is -0.442. The molecule has 1 aromatic heterocycles. The van der Waals surface area contributed by atoms with E-state index in [4.69, 9.17) is 0 Å². The summed E-state index contributed by atoms with van der Waals surface area (Å²) in [7, 11) is 0. The number of nitrogens with zero attached hydrogens (tertiary/aromatic N) is 3. The van der Waals surface area contributed by atoms with Crippen LogP contribution in [0.2, 0.25) is 0 Å². The molecule has 0 saturated heterocycles. The average Bonchev–Trinajstić information content (AvgIpc) is 2.47. The van der Waals surface area contributed by atoms with E-state index in [9.17, 15) is 10.1 Å². The van der Waals surface area contributed by atoms with Crippen molar-refractivity contribution in [3.63, 3.8) is 0 Å². The van der Waals surface area contributed by atoms with Gasteiger partial charge in [0, 0.05) is 17.1 Å². The molecule has 0 aliphatic heterocycles. The van der Waals surface area contributed by atoms with E-state index < -0.39 is 4.92 Å². The fraction of sp³-hybridized carbons (Fsp3) is 0. The molecule has 2 aromatic carbocycles. The zero-order chi connectivity index (χ0) is 14.8. The SMILES string of the molecule is O=[N+]([O-])c1cc2c(Nc3ccccc3)ncnc2cc1Br. The van der Waals surface area contributed by atoms with E-state index in [0.29, 0.717) is 21.2 Å². The number of rotatable bonds is 3. The van der Waals surface area contributed by atoms with Crippen molar-refractivity contribution in [3.8, 4) is 0 Å². The summed E-state index contributed by atoms with van der Waals surface area (Å²) in [4.78, 5) is 18.9.